The van der Waals surface area contributed by atoms with Crippen molar-refractivity contribution >= 4 is 19.9 Å². The zero-order chi connectivity index (χ0) is 22.9. The molecular formula is C21H26N4O4S2. The van der Waals surface area contributed by atoms with E-state index in [0.29, 0.717) is 0 Å². The summed E-state index contributed by atoms with van der Waals surface area (Å²) in [4.78, 5) is 3.25. The topological polar surface area (TPSA) is 120 Å². The smallest absolute Gasteiger partial charge is 0.224 e. The molecule has 0 N–H and O–H groups in total. The van der Waals surface area contributed by atoms with Crippen molar-refractivity contribution in [3.8, 4) is 0 Å². The molecule has 1 heterocycles. The van der Waals surface area contributed by atoms with Gasteiger partial charge in [-0.1, -0.05) is 54.9 Å². The Bertz CT molecular complexity index is 1190. The van der Waals surface area contributed by atoms with E-state index < -0.39 is 37.2 Å². The highest BCUT2D eigenvalue weighted by molar-refractivity contribution is 7.91. The molecule has 8 nitrogen and oxygen atoms in total. The average Bonchev–Trinajstić information content (AvgIpc) is 3.14. The minimum Gasteiger partial charge on any atom is -0.224 e. The Morgan fingerprint density at radius 1 is 1.00 bits per heavy atom. The van der Waals surface area contributed by atoms with Gasteiger partial charge >= 0.3 is 0 Å². The van der Waals surface area contributed by atoms with E-state index in [2.05, 4.69) is 10.0 Å². The molecule has 1 aliphatic heterocycles. The molecule has 0 amide bonds. The van der Waals surface area contributed by atoms with Crippen molar-refractivity contribution in [1.29, 1.82) is 0 Å². The van der Waals surface area contributed by atoms with E-state index in [1.54, 1.807) is 56.3 Å². The van der Waals surface area contributed by atoms with Crippen LogP contribution in [0.15, 0.2) is 69.5 Å². The minimum atomic E-state index is -3.81. The van der Waals surface area contributed by atoms with Crippen molar-refractivity contribution in [1.82, 2.24) is 4.31 Å². The number of hydrogen-bond acceptors (Lipinski definition) is 5. The molecule has 1 aliphatic rings. The summed E-state index contributed by atoms with van der Waals surface area (Å²) in [5.41, 5.74) is 8.98. The van der Waals surface area contributed by atoms with Crippen LogP contribution in [-0.4, -0.2) is 45.5 Å². The highest BCUT2D eigenvalue weighted by Crippen LogP contribution is 2.39. The molecule has 0 saturated carbocycles. The Hall–Kier alpha value is -2.39. The molecule has 2 unspecified atom stereocenters. The van der Waals surface area contributed by atoms with Crippen LogP contribution < -0.4 is 0 Å². The lowest BCUT2D eigenvalue weighted by molar-refractivity contribution is 0.283. The number of azide groups is 1. The molecule has 0 bridgehead atoms. The summed E-state index contributed by atoms with van der Waals surface area (Å²) in [6.45, 7) is 5.41. The van der Waals surface area contributed by atoms with Crippen molar-refractivity contribution in [2.45, 2.75) is 36.1 Å². The number of hydrogen-bond donors (Lipinski definition) is 0. The first kappa shape index (κ1) is 23.3. The first-order valence-corrected chi connectivity index (χ1v) is 13.0. The van der Waals surface area contributed by atoms with Crippen LogP contribution in [0.4, 0.5) is 0 Å². The van der Waals surface area contributed by atoms with E-state index in [4.69, 9.17) is 5.53 Å². The van der Waals surface area contributed by atoms with Crippen molar-refractivity contribution in [3.63, 3.8) is 0 Å². The first-order chi connectivity index (χ1) is 14.5. The molecule has 0 radical (unpaired) electrons. The van der Waals surface area contributed by atoms with Gasteiger partial charge in [0.1, 0.15) is 0 Å². The van der Waals surface area contributed by atoms with E-state index in [0.717, 1.165) is 5.56 Å². The van der Waals surface area contributed by atoms with Gasteiger partial charge in [-0.25, -0.2) is 16.8 Å². The molecule has 2 aromatic carbocycles. The van der Waals surface area contributed by atoms with Gasteiger partial charge in [0, 0.05) is 23.5 Å². The van der Waals surface area contributed by atoms with Gasteiger partial charge < -0.3 is 0 Å². The number of sulfonamides is 1. The van der Waals surface area contributed by atoms with Gasteiger partial charge in [-0.3, -0.25) is 0 Å². The average molecular weight is 463 g/mol. The standard InChI is InChI=1S/C21H26N4O4S2/c1-16-9-11-19(12-10-16)31(28,29)25-13-17(20(14-25)21(2,3)23-24-22)15-30(26,27)18-7-5-4-6-8-18/h4-12,17,20H,13-15H2,1-3H3. The van der Waals surface area contributed by atoms with Gasteiger partial charge in [0.15, 0.2) is 9.84 Å². The summed E-state index contributed by atoms with van der Waals surface area (Å²) in [6, 6.07) is 14.6. The predicted molar refractivity (Wildman–Crippen MR) is 119 cm³/mol. The molecule has 31 heavy (non-hydrogen) atoms. The number of aryl methyl sites for hydroxylation is 1. The Morgan fingerprint density at radius 3 is 2.19 bits per heavy atom. The SMILES string of the molecule is Cc1ccc(S(=O)(=O)N2CC(CS(=O)(=O)c3ccccc3)C(C(C)(C)N=[N+]=[N-])C2)cc1. The van der Waals surface area contributed by atoms with E-state index in [1.807, 2.05) is 6.92 Å². The van der Waals surface area contributed by atoms with Crippen LogP contribution in [0, 0.1) is 18.8 Å². The molecular weight excluding hydrogens is 436 g/mol. The second-order valence-electron chi connectivity index (χ2n) is 8.44. The van der Waals surface area contributed by atoms with Crippen LogP contribution in [0.1, 0.15) is 19.4 Å². The number of rotatable bonds is 7. The predicted octanol–water partition coefficient (Wildman–Crippen LogP) is 3.79. The number of nitrogens with zero attached hydrogens (tertiary/aromatic N) is 4. The number of sulfone groups is 1. The van der Waals surface area contributed by atoms with Gasteiger partial charge in [-0.15, -0.1) is 0 Å². The molecule has 1 fully saturated rings. The molecule has 0 aromatic heterocycles. The Morgan fingerprint density at radius 2 is 1.61 bits per heavy atom. The van der Waals surface area contributed by atoms with E-state index >= 15 is 0 Å². The summed E-state index contributed by atoms with van der Waals surface area (Å²) in [7, 11) is -7.46. The lowest BCUT2D eigenvalue weighted by Gasteiger charge is -2.30. The van der Waals surface area contributed by atoms with Crippen LogP contribution >= 0.6 is 0 Å². The Kier molecular flexibility index (Phi) is 6.48. The maximum atomic E-state index is 13.2. The lowest BCUT2D eigenvalue weighted by Crippen LogP contribution is -2.37. The van der Waals surface area contributed by atoms with Gasteiger partial charge in [0.25, 0.3) is 0 Å². The van der Waals surface area contributed by atoms with Crippen LogP contribution in [0.3, 0.4) is 0 Å². The highest BCUT2D eigenvalue weighted by atomic mass is 32.2. The highest BCUT2D eigenvalue weighted by Gasteiger charge is 2.47. The van der Waals surface area contributed by atoms with E-state index in [-0.39, 0.29) is 28.6 Å². The largest absolute Gasteiger partial charge is 0.243 e. The molecule has 2 atom stereocenters. The summed E-state index contributed by atoms with van der Waals surface area (Å²) in [6.07, 6.45) is 0. The maximum absolute atomic E-state index is 13.2. The molecule has 1 saturated heterocycles. The monoisotopic (exact) mass is 462 g/mol. The minimum absolute atomic E-state index is 0.0390. The summed E-state index contributed by atoms with van der Waals surface area (Å²) >= 11 is 0. The third-order valence-corrected chi connectivity index (χ3v) is 9.52. The molecule has 3 rings (SSSR count). The maximum Gasteiger partial charge on any atom is 0.243 e. The normalized spacial score (nSPS) is 20.4. The summed E-state index contributed by atoms with van der Waals surface area (Å²) in [5.74, 6) is -1.21. The first-order valence-electron chi connectivity index (χ1n) is 9.88. The van der Waals surface area contributed by atoms with E-state index in [9.17, 15) is 16.8 Å². The quantitative estimate of drug-likeness (QED) is 0.353. The molecule has 0 spiro atoms. The molecule has 166 valence electrons. The molecule has 2 aromatic rings. The van der Waals surface area contributed by atoms with Crippen LogP contribution in [0.5, 0.6) is 0 Å². The zero-order valence-corrected chi connectivity index (χ0v) is 19.3. The van der Waals surface area contributed by atoms with Gasteiger partial charge in [0.05, 0.1) is 15.5 Å². The third kappa shape index (κ3) is 4.93. The van der Waals surface area contributed by atoms with E-state index in [1.165, 1.54) is 16.4 Å². The number of benzene rings is 2. The Balaban J connectivity index is 1.96. The van der Waals surface area contributed by atoms with Crippen molar-refractivity contribution in [3.05, 3.63) is 70.6 Å². The second kappa shape index (κ2) is 8.63. The molecule has 0 aliphatic carbocycles. The third-order valence-electron chi connectivity index (χ3n) is 5.81. The van der Waals surface area contributed by atoms with Gasteiger partial charge in [0.2, 0.25) is 10.0 Å². The second-order valence-corrected chi connectivity index (χ2v) is 12.4. The van der Waals surface area contributed by atoms with Gasteiger partial charge in [-0.2, -0.15) is 4.31 Å². The van der Waals surface area contributed by atoms with Crippen molar-refractivity contribution in [2.75, 3.05) is 18.8 Å². The fraction of sp³-hybridized carbons (Fsp3) is 0.429. The van der Waals surface area contributed by atoms with Crippen LogP contribution in [-0.2, 0) is 19.9 Å². The Labute approximate surface area is 183 Å². The molecule has 10 heteroatoms. The van der Waals surface area contributed by atoms with Crippen LogP contribution in [0.2, 0.25) is 0 Å². The van der Waals surface area contributed by atoms with Crippen molar-refractivity contribution in [2.24, 2.45) is 17.0 Å². The fourth-order valence-electron chi connectivity index (χ4n) is 4.05. The summed E-state index contributed by atoms with van der Waals surface area (Å²) in [5, 5.41) is 3.86. The van der Waals surface area contributed by atoms with Crippen LogP contribution in [0.25, 0.3) is 10.4 Å². The summed E-state index contributed by atoms with van der Waals surface area (Å²) < 4.78 is 53.8. The zero-order valence-electron chi connectivity index (χ0n) is 17.7. The van der Waals surface area contributed by atoms with Crippen molar-refractivity contribution < 1.29 is 16.8 Å². The van der Waals surface area contributed by atoms with Gasteiger partial charge in [-0.05, 0) is 48.6 Å². The fourth-order valence-corrected chi connectivity index (χ4v) is 7.24. The lowest BCUT2D eigenvalue weighted by atomic mass is 9.81.